The van der Waals surface area contributed by atoms with Crippen molar-refractivity contribution in [3.8, 4) is 11.4 Å². The first kappa shape index (κ1) is 24.3. The largest absolute Gasteiger partial charge is 0.360 e. The van der Waals surface area contributed by atoms with E-state index in [1.807, 2.05) is 30.5 Å². The SMILES string of the molecule is O=C1NC(=O)/C(=C\c2ccnc(N3CCC(CNCc4cc5ccccc5nc4-c4ccc[nH]4)CC3)n2)S1. The van der Waals surface area contributed by atoms with Gasteiger partial charge >= 0.3 is 0 Å². The number of amides is 2. The number of carbonyl (C=O) groups excluding carboxylic acids is 2. The van der Waals surface area contributed by atoms with Crippen LogP contribution in [0.2, 0.25) is 0 Å². The van der Waals surface area contributed by atoms with E-state index in [-0.39, 0.29) is 11.1 Å². The smallest absolute Gasteiger partial charge is 0.290 e. The number of carbonyl (C=O) groups is 2. The quantitative estimate of drug-likeness (QED) is 0.305. The molecule has 2 saturated heterocycles. The van der Waals surface area contributed by atoms with Gasteiger partial charge in [-0.2, -0.15) is 0 Å². The number of benzene rings is 1. The van der Waals surface area contributed by atoms with E-state index < -0.39 is 0 Å². The van der Waals surface area contributed by atoms with Gasteiger partial charge in [-0.25, -0.2) is 15.0 Å². The average molecular weight is 526 g/mol. The molecule has 2 fully saturated rings. The van der Waals surface area contributed by atoms with Gasteiger partial charge in [0, 0.05) is 37.4 Å². The molecule has 192 valence electrons. The van der Waals surface area contributed by atoms with Crippen LogP contribution in [-0.4, -0.2) is 50.7 Å². The standard InChI is InChI=1S/C28H27N7O2S/c36-26-24(38-28(37)34-26)15-21-7-11-31-27(32-21)35-12-8-18(9-13-35)16-29-17-20-14-19-4-1-2-5-22(19)33-25(20)23-6-3-10-30-23/h1-7,10-11,14-15,18,29-30H,8-9,12-13,16-17H2,(H,34,36,37)/b24-15+. The third kappa shape index (κ3) is 5.32. The molecule has 10 heteroatoms. The van der Waals surface area contributed by atoms with Crippen molar-refractivity contribution in [2.75, 3.05) is 24.5 Å². The van der Waals surface area contributed by atoms with Gasteiger partial charge in [0.1, 0.15) is 0 Å². The number of aromatic nitrogens is 4. The van der Waals surface area contributed by atoms with Crippen LogP contribution in [0.5, 0.6) is 0 Å². The first-order valence-corrected chi connectivity index (χ1v) is 13.5. The fourth-order valence-electron chi connectivity index (χ4n) is 4.90. The Morgan fingerprint density at radius 1 is 1.08 bits per heavy atom. The van der Waals surface area contributed by atoms with Crippen molar-refractivity contribution in [3.05, 3.63) is 77.1 Å². The number of aromatic amines is 1. The summed E-state index contributed by atoms with van der Waals surface area (Å²) in [6.45, 7) is 3.41. The predicted molar refractivity (Wildman–Crippen MR) is 149 cm³/mol. The first-order valence-electron chi connectivity index (χ1n) is 12.7. The second kappa shape index (κ2) is 10.8. The normalized spacial score (nSPS) is 17.5. The number of rotatable bonds is 7. The number of nitrogens with zero attached hydrogens (tertiary/aromatic N) is 4. The van der Waals surface area contributed by atoms with Crippen LogP contribution in [0.1, 0.15) is 24.1 Å². The van der Waals surface area contributed by atoms with Crippen LogP contribution in [-0.2, 0) is 11.3 Å². The van der Waals surface area contributed by atoms with Crippen molar-refractivity contribution >= 4 is 45.8 Å². The van der Waals surface area contributed by atoms with Gasteiger partial charge in [0.25, 0.3) is 11.1 Å². The fourth-order valence-corrected chi connectivity index (χ4v) is 5.57. The van der Waals surface area contributed by atoms with E-state index in [4.69, 9.17) is 4.98 Å². The highest BCUT2D eigenvalue weighted by Gasteiger charge is 2.26. The number of hydrogen-bond acceptors (Lipinski definition) is 8. The molecule has 2 amide bonds. The lowest BCUT2D eigenvalue weighted by molar-refractivity contribution is -0.115. The van der Waals surface area contributed by atoms with Crippen molar-refractivity contribution in [2.45, 2.75) is 19.4 Å². The van der Waals surface area contributed by atoms with Gasteiger partial charge in [-0.1, -0.05) is 18.2 Å². The van der Waals surface area contributed by atoms with Gasteiger partial charge in [-0.15, -0.1) is 0 Å². The van der Waals surface area contributed by atoms with Crippen LogP contribution in [0.4, 0.5) is 10.7 Å². The highest BCUT2D eigenvalue weighted by atomic mass is 32.2. The maximum absolute atomic E-state index is 11.8. The Bertz CT molecular complexity index is 1510. The lowest BCUT2D eigenvalue weighted by Gasteiger charge is -2.32. The van der Waals surface area contributed by atoms with E-state index in [0.29, 0.717) is 22.5 Å². The summed E-state index contributed by atoms with van der Waals surface area (Å²) in [5.74, 6) is 0.829. The fraction of sp³-hybridized carbons (Fsp3) is 0.250. The molecule has 5 heterocycles. The molecule has 3 N–H and O–H groups in total. The van der Waals surface area contributed by atoms with Crippen LogP contribution in [0, 0.1) is 5.92 Å². The highest BCUT2D eigenvalue weighted by Crippen LogP contribution is 2.27. The number of anilines is 1. The average Bonchev–Trinajstić information content (AvgIpc) is 3.58. The first-order chi connectivity index (χ1) is 18.6. The van der Waals surface area contributed by atoms with Gasteiger partial charge in [-0.3, -0.25) is 14.9 Å². The number of pyridine rings is 1. The van der Waals surface area contributed by atoms with Crippen LogP contribution in [0.25, 0.3) is 28.4 Å². The number of hydrogen-bond donors (Lipinski definition) is 3. The Labute approximate surface area is 224 Å². The molecule has 2 aliphatic heterocycles. The van der Waals surface area contributed by atoms with E-state index in [9.17, 15) is 9.59 Å². The lowest BCUT2D eigenvalue weighted by Crippen LogP contribution is -2.38. The summed E-state index contributed by atoms with van der Waals surface area (Å²) in [6.07, 6.45) is 7.33. The summed E-state index contributed by atoms with van der Waals surface area (Å²) in [7, 11) is 0. The van der Waals surface area contributed by atoms with Gasteiger partial charge in [0.05, 0.1) is 27.5 Å². The second-order valence-electron chi connectivity index (χ2n) is 9.47. The molecule has 0 saturated carbocycles. The zero-order valence-electron chi connectivity index (χ0n) is 20.7. The van der Waals surface area contributed by atoms with Gasteiger partial charge in [0.2, 0.25) is 5.95 Å². The van der Waals surface area contributed by atoms with Crippen molar-refractivity contribution in [3.63, 3.8) is 0 Å². The van der Waals surface area contributed by atoms with Gasteiger partial charge in [-0.05, 0) is 79.0 Å². The molecule has 0 bridgehead atoms. The van der Waals surface area contributed by atoms with E-state index >= 15 is 0 Å². The molecule has 2 aliphatic rings. The number of fused-ring (bicyclic) bond motifs is 1. The Hall–Kier alpha value is -4.02. The minimum absolute atomic E-state index is 0.352. The lowest BCUT2D eigenvalue weighted by atomic mass is 9.97. The minimum Gasteiger partial charge on any atom is -0.360 e. The molecule has 0 unspecified atom stereocenters. The van der Waals surface area contributed by atoms with E-state index in [2.05, 4.69) is 48.7 Å². The van der Waals surface area contributed by atoms with Gasteiger partial charge < -0.3 is 15.2 Å². The Morgan fingerprint density at radius 3 is 2.74 bits per heavy atom. The van der Waals surface area contributed by atoms with Crippen LogP contribution >= 0.6 is 11.8 Å². The zero-order valence-corrected chi connectivity index (χ0v) is 21.5. The minimum atomic E-state index is -0.382. The molecule has 0 atom stereocenters. The summed E-state index contributed by atoms with van der Waals surface area (Å²) < 4.78 is 0. The van der Waals surface area contributed by atoms with Crippen molar-refractivity contribution in [2.24, 2.45) is 5.92 Å². The molecular weight excluding hydrogens is 498 g/mol. The second-order valence-corrected chi connectivity index (χ2v) is 10.5. The Balaban J connectivity index is 1.06. The molecule has 6 rings (SSSR count). The maximum atomic E-state index is 11.8. The molecule has 38 heavy (non-hydrogen) atoms. The van der Waals surface area contributed by atoms with Crippen molar-refractivity contribution < 1.29 is 9.59 Å². The van der Waals surface area contributed by atoms with E-state index in [0.717, 1.165) is 73.1 Å². The molecule has 0 radical (unpaired) electrons. The summed E-state index contributed by atoms with van der Waals surface area (Å²) in [5, 5.41) is 6.72. The van der Waals surface area contributed by atoms with Crippen LogP contribution in [0.15, 0.2) is 65.8 Å². The van der Waals surface area contributed by atoms with E-state index in [1.54, 1.807) is 18.3 Å². The molecule has 3 aromatic heterocycles. The number of thioether (sulfide) groups is 1. The summed E-state index contributed by atoms with van der Waals surface area (Å²) in [4.78, 5) is 43.1. The number of para-hydroxylation sites is 1. The molecule has 0 spiro atoms. The number of piperidine rings is 1. The molecule has 9 nitrogen and oxygen atoms in total. The highest BCUT2D eigenvalue weighted by molar-refractivity contribution is 8.18. The van der Waals surface area contributed by atoms with Crippen molar-refractivity contribution in [1.29, 1.82) is 0 Å². The summed E-state index contributed by atoms with van der Waals surface area (Å²) in [5.41, 5.74) is 4.81. The summed E-state index contributed by atoms with van der Waals surface area (Å²) in [6, 6.07) is 16.3. The molecule has 4 aromatic rings. The third-order valence-electron chi connectivity index (χ3n) is 6.89. The van der Waals surface area contributed by atoms with Crippen molar-refractivity contribution in [1.82, 2.24) is 30.6 Å². The predicted octanol–water partition coefficient (Wildman–Crippen LogP) is 4.35. The van der Waals surface area contributed by atoms with E-state index in [1.165, 1.54) is 5.56 Å². The number of H-pyrrole nitrogens is 1. The summed E-state index contributed by atoms with van der Waals surface area (Å²) >= 11 is 0.891. The molecule has 0 aliphatic carbocycles. The number of imide groups is 1. The monoisotopic (exact) mass is 525 g/mol. The van der Waals surface area contributed by atoms with Crippen LogP contribution < -0.4 is 15.5 Å². The zero-order chi connectivity index (χ0) is 25.9. The molecule has 1 aromatic carbocycles. The Kier molecular flexibility index (Phi) is 6.89. The number of nitrogens with one attached hydrogen (secondary N) is 3. The van der Waals surface area contributed by atoms with Crippen LogP contribution in [0.3, 0.4) is 0 Å². The maximum Gasteiger partial charge on any atom is 0.290 e. The van der Waals surface area contributed by atoms with Gasteiger partial charge in [0.15, 0.2) is 0 Å². The Morgan fingerprint density at radius 2 is 1.95 bits per heavy atom. The molecular formula is C28H27N7O2S. The topological polar surface area (TPSA) is 116 Å². The third-order valence-corrected chi connectivity index (χ3v) is 7.70.